The van der Waals surface area contributed by atoms with E-state index in [0.29, 0.717) is 10.9 Å². The minimum Gasteiger partial charge on any atom is -0.366 e. The van der Waals surface area contributed by atoms with Gasteiger partial charge in [0.05, 0.1) is 11.1 Å². The van der Waals surface area contributed by atoms with Crippen molar-refractivity contribution in [2.75, 3.05) is 0 Å². The molecule has 1 aromatic carbocycles. The summed E-state index contributed by atoms with van der Waals surface area (Å²) >= 11 is 0. The summed E-state index contributed by atoms with van der Waals surface area (Å²) in [5, 5.41) is 0.692. The number of nitrogens with two attached hydrogens (primary N) is 1. The van der Waals surface area contributed by atoms with Crippen LogP contribution in [0.3, 0.4) is 0 Å². The molecule has 0 fully saturated rings. The minimum absolute atomic E-state index is 0.457. The predicted molar refractivity (Wildman–Crippen MR) is 48.1 cm³/mol. The monoisotopic (exact) mass is 173 g/mol. The van der Waals surface area contributed by atoms with E-state index in [9.17, 15) is 4.79 Å². The molecule has 4 nitrogen and oxygen atoms in total. The first kappa shape index (κ1) is 7.67. The second-order valence-electron chi connectivity index (χ2n) is 2.63. The van der Waals surface area contributed by atoms with Crippen LogP contribution in [-0.2, 0) is 0 Å². The fourth-order valence-corrected chi connectivity index (χ4v) is 1.22. The number of hydrogen-bond acceptors (Lipinski definition) is 3. The maximum Gasteiger partial charge on any atom is 0.249 e. The molecule has 2 N–H and O–H groups in total. The van der Waals surface area contributed by atoms with Gasteiger partial charge in [0, 0.05) is 11.6 Å². The smallest absolute Gasteiger partial charge is 0.249 e. The van der Waals surface area contributed by atoms with Gasteiger partial charge in [0.2, 0.25) is 5.91 Å². The molecular weight excluding hydrogens is 166 g/mol. The third kappa shape index (κ3) is 1.22. The molecule has 0 unspecified atom stereocenters. The maximum atomic E-state index is 11.0. The summed E-state index contributed by atoms with van der Waals surface area (Å²) in [6, 6.07) is 5.22. The number of fused-ring (bicyclic) bond motifs is 1. The molecule has 0 radical (unpaired) electrons. The molecular formula is C9H7N3O. The summed E-state index contributed by atoms with van der Waals surface area (Å²) in [7, 11) is 0. The molecule has 2 rings (SSSR count). The lowest BCUT2D eigenvalue weighted by atomic mass is 10.1. The molecule has 0 atom stereocenters. The number of amides is 1. The zero-order chi connectivity index (χ0) is 9.26. The van der Waals surface area contributed by atoms with E-state index in [1.807, 2.05) is 6.07 Å². The average molecular weight is 173 g/mol. The number of primary amides is 1. The Morgan fingerprint density at radius 3 is 3.00 bits per heavy atom. The summed E-state index contributed by atoms with van der Waals surface area (Å²) in [5.41, 5.74) is 6.37. The molecule has 0 bridgehead atoms. The summed E-state index contributed by atoms with van der Waals surface area (Å²) in [4.78, 5) is 18.8. The third-order valence-corrected chi connectivity index (χ3v) is 1.82. The van der Waals surface area contributed by atoms with E-state index < -0.39 is 5.91 Å². The normalized spacial score (nSPS) is 10.2. The molecule has 1 heterocycles. The van der Waals surface area contributed by atoms with Crippen LogP contribution in [0.5, 0.6) is 0 Å². The average Bonchev–Trinajstić information content (AvgIpc) is 2.17. The molecule has 1 aromatic heterocycles. The highest BCUT2D eigenvalue weighted by Crippen LogP contribution is 2.14. The van der Waals surface area contributed by atoms with Crippen LogP contribution < -0.4 is 5.73 Å². The van der Waals surface area contributed by atoms with E-state index in [-0.39, 0.29) is 0 Å². The van der Waals surface area contributed by atoms with Crippen molar-refractivity contribution in [3.8, 4) is 0 Å². The molecule has 0 aliphatic heterocycles. The quantitative estimate of drug-likeness (QED) is 0.691. The molecule has 0 saturated carbocycles. The van der Waals surface area contributed by atoms with E-state index in [1.165, 1.54) is 6.33 Å². The molecule has 13 heavy (non-hydrogen) atoms. The van der Waals surface area contributed by atoms with Crippen molar-refractivity contribution in [1.29, 1.82) is 0 Å². The number of nitrogens with zero attached hydrogens (tertiary/aromatic N) is 2. The van der Waals surface area contributed by atoms with Crippen LogP contribution in [0.25, 0.3) is 10.9 Å². The van der Waals surface area contributed by atoms with E-state index in [0.717, 1.165) is 5.52 Å². The number of aromatic nitrogens is 2. The summed E-state index contributed by atoms with van der Waals surface area (Å²) < 4.78 is 0. The Morgan fingerprint density at radius 1 is 1.38 bits per heavy atom. The van der Waals surface area contributed by atoms with Gasteiger partial charge in [-0.05, 0) is 12.1 Å². The fourth-order valence-electron chi connectivity index (χ4n) is 1.22. The zero-order valence-corrected chi connectivity index (χ0v) is 6.77. The summed E-state index contributed by atoms with van der Waals surface area (Å²) in [6.45, 7) is 0. The van der Waals surface area contributed by atoms with Gasteiger partial charge in [0.25, 0.3) is 0 Å². The van der Waals surface area contributed by atoms with Crippen molar-refractivity contribution < 1.29 is 4.79 Å². The van der Waals surface area contributed by atoms with Gasteiger partial charge in [0.1, 0.15) is 6.33 Å². The number of hydrogen-bond donors (Lipinski definition) is 1. The van der Waals surface area contributed by atoms with Crippen LogP contribution in [0, 0.1) is 0 Å². The first-order chi connectivity index (χ1) is 6.29. The van der Waals surface area contributed by atoms with Gasteiger partial charge in [-0.15, -0.1) is 0 Å². The molecule has 0 spiro atoms. The van der Waals surface area contributed by atoms with E-state index in [4.69, 9.17) is 5.73 Å². The Hall–Kier alpha value is -1.97. The zero-order valence-electron chi connectivity index (χ0n) is 6.77. The van der Waals surface area contributed by atoms with Crippen LogP contribution in [0.15, 0.2) is 30.7 Å². The second kappa shape index (κ2) is 2.82. The fraction of sp³-hybridized carbons (Fsp3) is 0. The van der Waals surface area contributed by atoms with Crippen molar-refractivity contribution >= 4 is 16.8 Å². The van der Waals surface area contributed by atoms with Crippen molar-refractivity contribution in [2.45, 2.75) is 0 Å². The Morgan fingerprint density at radius 2 is 2.23 bits per heavy atom. The lowest BCUT2D eigenvalue weighted by molar-refractivity contribution is 0.100. The van der Waals surface area contributed by atoms with E-state index in [2.05, 4.69) is 9.97 Å². The Labute approximate surface area is 74.4 Å². The number of rotatable bonds is 1. The molecule has 4 heteroatoms. The third-order valence-electron chi connectivity index (χ3n) is 1.82. The van der Waals surface area contributed by atoms with E-state index in [1.54, 1.807) is 18.3 Å². The minimum atomic E-state index is -0.458. The van der Waals surface area contributed by atoms with Crippen molar-refractivity contribution in [2.24, 2.45) is 5.73 Å². The molecule has 0 saturated heterocycles. The van der Waals surface area contributed by atoms with Gasteiger partial charge < -0.3 is 5.73 Å². The largest absolute Gasteiger partial charge is 0.366 e. The Kier molecular flexibility index (Phi) is 1.66. The number of carbonyl (C=O) groups is 1. The first-order valence-electron chi connectivity index (χ1n) is 3.77. The summed E-state index contributed by atoms with van der Waals surface area (Å²) in [6.07, 6.45) is 3.02. The molecule has 64 valence electrons. The molecule has 0 aliphatic carbocycles. The highest BCUT2D eigenvalue weighted by Gasteiger charge is 2.05. The van der Waals surface area contributed by atoms with Crippen LogP contribution >= 0.6 is 0 Å². The van der Waals surface area contributed by atoms with Gasteiger partial charge in [-0.1, -0.05) is 6.07 Å². The van der Waals surface area contributed by atoms with Crippen LogP contribution in [-0.4, -0.2) is 15.9 Å². The van der Waals surface area contributed by atoms with Crippen LogP contribution in [0.4, 0.5) is 0 Å². The lowest BCUT2D eigenvalue weighted by Crippen LogP contribution is -2.11. The Bertz CT molecular complexity index is 462. The maximum absolute atomic E-state index is 11.0. The lowest BCUT2D eigenvalue weighted by Gasteiger charge is -1.99. The highest BCUT2D eigenvalue weighted by atomic mass is 16.1. The van der Waals surface area contributed by atoms with Gasteiger partial charge >= 0.3 is 0 Å². The molecule has 0 aliphatic rings. The first-order valence-corrected chi connectivity index (χ1v) is 3.77. The standard InChI is InChI=1S/C9H7N3O/c10-9(13)6-2-1-3-8-7(6)4-11-5-12-8/h1-5H,(H2,10,13). The van der Waals surface area contributed by atoms with Crippen molar-refractivity contribution in [3.05, 3.63) is 36.3 Å². The number of benzene rings is 1. The highest BCUT2D eigenvalue weighted by molar-refractivity contribution is 6.04. The summed E-state index contributed by atoms with van der Waals surface area (Å²) in [5.74, 6) is -0.458. The van der Waals surface area contributed by atoms with Gasteiger partial charge in [-0.3, -0.25) is 4.79 Å². The topological polar surface area (TPSA) is 68.9 Å². The van der Waals surface area contributed by atoms with Gasteiger partial charge in [-0.2, -0.15) is 0 Å². The van der Waals surface area contributed by atoms with Crippen LogP contribution in [0.1, 0.15) is 10.4 Å². The van der Waals surface area contributed by atoms with Crippen molar-refractivity contribution in [3.63, 3.8) is 0 Å². The van der Waals surface area contributed by atoms with E-state index >= 15 is 0 Å². The van der Waals surface area contributed by atoms with Crippen molar-refractivity contribution in [1.82, 2.24) is 9.97 Å². The van der Waals surface area contributed by atoms with Gasteiger partial charge in [-0.25, -0.2) is 9.97 Å². The number of carbonyl (C=O) groups excluding carboxylic acids is 1. The molecule has 2 aromatic rings. The SMILES string of the molecule is NC(=O)c1cccc2ncncc12. The van der Waals surface area contributed by atoms with Gasteiger partial charge in [0.15, 0.2) is 0 Å². The van der Waals surface area contributed by atoms with Crippen LogP contribution in [0.2, 0.25) is 0 Å². The predicted octanol–water partition coefficient (Wildman–Crippen LogP) is 0.729. The Balaban J connectivity index is 2.83. The molecule has 1 amide bonds. The second-order valence-corrected chi connectivity index (χ2v) is 2.63.